The van der Waals surface area contributed by atoms with Crippen molar-refractivity contribution in [1.82, 2.24) is 0 Å². The molecule has 0 saturated carbocycles. The monoisotopic (exact) mass is 205 g/mol. The zero-order valence-corrected chi connectivity index (χ0v) is 8.95. The Morgan fingerprint density at radius 1 is 1.27 bits per heavy atom. The first-order chi connectivity index (χ1) is 7.38. The molecule has 2 heterocycles. The molecule has 80 valence electrons. The molecule has 3 rings (SSSR count). The summed E-state index contributed by atoms with van der Waals surface area (Å²) in [7, 11) is 0. The van der Waals surface area contributed by atoms with Crippen LogP contribution in [0.1, 0.15) is 18.9 Å². The fourth-order valence-corrected chi connectivity index (χ4v) is 2.38. The zero-order chi connectivity index (χ0) is 10.3. The lowest BCUT2D eigenvalue weighted by atomic mass is 10.0. The smallest absolute Gasteiger partial charge is 0.231 e. The molecule has 3 nitrogen and oxygen atoms in total. The third-order valence-electron chi connectivity index (χ3n) is 3.17. The maximum atomic E-state index is 5.41. The molecule has 0 unspecified atom stereocenters. The van der Waals surface area contributed by atoms with Crippen molar-refractivity contribution >= 4 is 5.69 Å². The molecule has 3 heteroatoms. The number of hydrogen-bond acceptors (Lipinski definition) is 3. The maximum absolute atomic E-state index is 5.41. The van der Waals surface area contributed by atoms with Crippen LogP contribution in [0.5, 0.6) is 11.5 Å². The van der Waals surface area contributed by atoms with Crippen molar-refractivity contribution in [2.75, 3.05) is 24.8 Å². The van der Waals surface area contributed by atoms with E-state index >= 15 is 0 Å². The molecule has 0 bridgehead atoms. The van der Waals surface area contributed by atoms with E-state index in [0.29, 0.717) is 6.79 Å². The molecule has 2 aliphatic rings. The minimum absolute atomic E-state index is 0.365. The molecule has 2 aliphatic heterocycles. The second-order valence-corrected chi connectivity index (χ2v) is 4.02. The van der Waals surface area contributed by atoms with Gasteiger partial charge in [0.25, 0.3) is 0 Å². The molecule has 0 aliphatic carbocycles. The van der Waals surface area contributed by atoms with E-state index in [2.05, 4.69) is 24.0 Å². The quantitative estimate of drug-likeness (QED) is 0.701. The van der Waals surface area contributed by atoms with Crippen molar-refractivity contribution in [3.63, 3.8) is 0 Å². The van der Waals surface area contributed by atoms with E-state index in [9.17, 15) is 0 Å². The van der Waals surface area contributed by atoms with Gasteiger partial charge in [0.2, 0.25) is 6.79 Å². The van der Waals surface area contributed by atoms with E-state index in [-0.39, 0.29) is 0 Å². The van der Waals surface area contributed by atoms with Gasteiger partial charge in [-0.3, -0.25) is 0 Å². The van der Waals surface area contributed by atoms with E-state index in [1.54, 1.807) is 0 Å². The highest BCUT2D eigenvalue weighted by Crippen LogP contribution is 2.40. The van der Waals surface area contributed by atoms with Crippen LogP contribution in [-0.4, -0.2) is 19.9 Å². The summed E-state index contributed by atoms with van der Waals surface area (Å²) in [5, 5.41) is 0. The van der Waals surface area contributed by atoms with Gasteiger partial charge in [-0.15, -0.1) is 0 Å². The van der Waals surface area contributed by atoms with Gasteiger partial charge in [0, 0.05) is 24.8 Å². The average Bonchev–Trinajstić information content (AvgIpc) is 2.72. The highest BCUT2D eigenvalue weighted by molar-refractivity contribution is 5.63. The van der Waals surface area contributed by atoms with Gasteiger partial charge in [-0.25, -0.2) is 0 Å². The Labute approximate surface area is 89.6 Å². The Bertz CT molecular complexity index is 389. The highest BCUT2D eigenvalue weighted by atomic mass is 16.7. The Hall–Kier alpha value is -1.38. The molecule has 0 saturated heterocycles. The van der Waals surface area contributed by atoms with E-state index in [1.165, 1.54) is 17.7 Å². The van der Waals surface area contributed by atoms with Crippen LogP contribution in [-0.2, 0) is 6.42 Å². The minimum Gasteiger partial charge on any atom is -0.454 e. The topological polar surface area (TPSA) is 21.7 Å². The lowest BCUT2D eigenvalue weighted by molar-refractivity contribution is 0.174. The predicted molar refractivity (Wildman–Crippen MR) is 58.8 cm³/mol. The molecule has 0 amide bonds. The number of fused-ring (bicyclic) bond motifs is 2. The number of ether oxygens (including phenoxy) is 2. The predicted octanol–water partition coefficient (Wildman–Crippen LogP) is 2.19. The minimum atomic E-state index is 0.365. The van der Waals surface area contributed by atoms with Gasteiger partial charge in [-0.1, -0.05) is 0 Å². The number of hydrogen-bond donors (Lipinski definition) is 0. The Kier molecular flexibility index (Phi) is 1.97. The number of benzene rings is 1. The second-order valence-electron chi connectivity index (χ2n) is 4.02. The van der Waals surface area contributed by atoms with E-state index in [0.717, 1.165) is 31.0 Å². The Balaban J connectivity index is 2.08. The summed E-state index contributed by atoms with van der Waals surface area (Å²) in [5.41, 5.74) is 2.72. The standard InChI is InChI=1S/C12H15NO2/c1-2-13-5-3-4-9-6-11-12(7-10(9)13)15-8-14-11/h6-7H,2-5,8H2,1H3. The first-order valence-corrected chi connectivity index (χ1v) is 5.56. The molecule has 1 aromatic rings. The van der Waals surface area contributed by atoms with Crippen LogP contribution in [0, 0.1) is 0 Å². The maximum Gasteiger partial charge on any atom is 0.231 e. The summed E-state index contributed by atoms with van der Waals surface area (Å²) >= 11 is 0. The summed E-state index contributed by atoms with van der Waals surface area (Å²) in [4.78, 5) is 2.40. The normalized spacial score (nSPS) is 17.8. The fraction of sp³-hybridized carbons (Fsp3) is 0.500. The van der Waals surface area contributed by atoms with Crippen molar-refractivity contribution in [2.45, 2.75) is 19.8 Å². The largest absolute Gasteiger partial charge is 0.454 e. The fourth-order valence-electron chi connectivity index (χ4n) is 2.38. The molecule has 0 fully saturated rings. The van der Waals surface area contributed by atoms with Gasteiger partial charge < -0.3 is 14.4 Å². The highest BCUT2D eigenvalue weighted by Gasteiger charge is 2.22. The van der Waals surface area contributed by atoms with Crippen LogP contribution >= 0.6 is 0 Å². The molecule has 15 heavy (non-hydrogen) atoms. The van der Waals surface area contributed by atoms with Gasteiger partial charge in [-0.05, 0) is 31.4 Å². The molecule has 0 aromatic heterocycles. The SMILES string of the molecule is CCN1CCCc2cc3c(cc21)OCO3. The molecular formula is C12H15NO2. The molecular weight excluding hydrogens is 190 g/mol. The van der Waals surface area contributed by atoms with Crippen molar-refractivity contribution in [3.8, 4) is 11.5 Å². The van der Waals surface area contributed by atoms with Gasteiger partial charge in [-0.2, -0.15) is 0 Å². The average molecular weight is 205 g/mol. The van der Waals surface area contributed by atoms with Crippen molar-refractivity contribution < 1.29 is 9.47 Å². The number of nitrogens with zero attached hydrogens (tertiary/aromatic N) is 1. The first-order valence-electron chi connectivity index (χ1n) is 5.56. The van der Waals surface area contributed by atoms with Crippen molar-refractivity contribution in [1.29, 1.82) is 0 Å². The van der Waals surface area contributed by atoms with Gasteiger partial charge >= 0.3 is 0 Å². The van der Waals surface area contributed by atoms with Crippen LogP contribution in [0.25, 0.3) is 0 Å². The zero-order valence-electron chi connectivity index (χ0n) is 8.95. The van der Waals surface area contributed by atoms with Crippen LogP contribution in [0.3, 0.4) is 0 Å². The number of rotatable bonds is 1. The lowest BCUT2D eigenvalue weighted by Gasteiger charge is -2.30. The summed E-state index contributed by atoms with van der Waals surface area (Å²) in [6.45, 7) is 4.78. The van der Waals surface area contributed by atoms with Crippen LogP contribution in [0.2, 0.25) is 0 Å². The summed E-state index contributed by atoms with van der Waals surface area (Å²) in [6, 6.07) is 4.26. The molecule has 1 aromatic carbocycles. The van der Waals surface area contributed by atoms with E-state index in [4.69, 9.17) is 9.47 Å². The third kappa shape index (κ3) is 1.34. The van der Waals surface area contributed by atoms with Crippen LogP contribution in [0.15, 0.2) is 12.1 Å². The second kappa shape index (κ2) is 3.33. The van der Waals surface area contributed by atoms with Crippen molar-refractivity contribution in [3.05, 3.63) is 17.7 Å². The number of aryl methyl sites for hydroxylation is 1. The van der Waals surface area contributed by atoms with Crippen LogP contribution < -0.4 is 14.4 Å². The molecule has 0 N–H and O–H groups in total. The Morgan fingerprint density at radius 2 is 2.07 bits per heavy atom. The summed E-state index contributed by atoms with van der Waals surface area (Å²) in [6.07, 6.45) is 2.39. The van der Waals surface area contributed by atoms with Crippen LogP contribution in [0.4, 0.5) is 5.69 Å². The molecule has 0 atom stereocenters. The third-order valence-corrected chi connectivity index (χ3v) is 3.17. The molecule has 0 spiro atoms. The van der Waals surface area contributed by atoms with E-state index < -0.39 is 0 Å². The lowest BCUT2D eigenvalue weighted by Crippen LogP contribution is -2.28. The van der Waals surface area contributed by atoms with E-state index in [1.807, 2.05) is 0 Å². The first kappa shape index (κ1) is 8.89. The van der Waals surface area contributed by atoms with Crippen molar-refractivity contribution in [2.24, 2.45) is 0 Å². The summed E-state index contributed by atoms with van der Waals surface area (Å²) < 4.78 is 10.8. The molecule has 0 radical (unpaired) electrons. The van der Waals surface area contributed by atoms with Gasteiger partial charge in [0.05, 0.1) is 0 Å². The Morgan fingerprint density at radius 3 is 2.87 bits per heavy atom. The van der Waals surface area contributed by atoms with Gasteiger partial charge in [0.1, 0.15) is 0 Å². The van der Waals surface area contributed by atoms with Gasteiger partial charge in [0.15, 0.2) is 11.5 Å². The number of anilines is 1. The summed E-state index contributed by atoms with van der Waals surface area (Å²) in [5.74, 6) is 1.81.